The first-order valence-corrected chi connectivity index (χ1v) is 16.6. The Labute approximate surface area is 272 Å². The number of rotatable bonds is 10. The van der Waals surface area contributed by atoms with Crippen LogP contribution in [0.4, 0.5) is 9.93 Å². The number of nitrogens with one attached hydrogen (secondary N) is 2. The molecule has 240 valence electrons. The van der Waals surface area contributed by atoms with Crippen molar-refractivity contribution in [3.8, 4) is 0 Å². The molecule has 3 amide bonds. The number of anilines is 1. The number of thioether (sulfide) groups is 2. The summed E-state index contributed by atoms with van der Waals surface area (Å²) in [6.07, 6.45) is -0.398. The zero-order chi connectivity index (χ0) is 33.1. The quantitative estimate of drug-likeness (QED) is 0.189. The Morgan fingerprint density at radius 3 is 2.58 bits per heavy atom. The second-order valence-electron chi connectivity index (χ2n) is 11.1. The van der Waals surface area contributed by atoms with Crippen molar-refractivity contribution < 1.29 is 38.7 Å². The maximum atomic E-state index is 13.3. The summed E-state index contributed by atoms with van der Waals surface area (Å²) in [4.78, 5) is 72.8. The average Bonchev–Trinajstić information content (AvgIpc) is 3.40. The molecule has 0 aliphatic carbocycles. The second kappa shape index (κ2) is 14.0. The minimum atomic E-state index is -1.23. The van der Waals surface area contributed by atoms with Crippen LogP contribution in [0.5, 0.6) is 0 Å². The standard InChI is InChI=1S/C29H33N5O8S3/c1-14-16(8-7-9-17(14)11-43-15(2)35)10-18-12-44-25-21(24(37)34(25)22(18)26(38)39)31-23(36)20(33-41-6)19-13-45-27(30-19)32-28(40)42-29(3,4)5/h7-9,13,21,25H,10-12H2,1-6H3,(H,31,36)(H,38,39)(H,30,32,40)/b33-20-/t21-,25-/m1/s1. The first-order chi connectivity index (χ1) is 21.2. The van der Waals surface area contributed by atoms with Gasteiger partial charge in [0.1, 0.15) is 35.5 Å². The Hall–Kier alpha value is -3.89. The SMILES string of the molecule is CO/N=C(\C(=O)N[C@@H]1C(=O)N2C(C(=O)O)=C(Cc3cccc(CSC(C)=O)c3C)CS[C@H]12)c1csc(NC(=O)OC(C)(C)C)n1. The van der Waals surface area contributed by atoms with Crippen LogP contribution in [-0.4, -0.2) is 79.6 Å². The van der Waals surface area contributed by atoms with Gasteiger partial charge in [-0.3, -0.25) is 24.6 Å². The normalized spacial score (nSPS) is 18.1. The van der Waals surface area contributed by atoms with E-state index >= 15 is 0 Å². The summed E-state index contributed by atoms with van der Waals surface area (Å²) in [6.45, 7) is 8.60. The lowest BCUT2D eigenvalue weighted by Gasteiger charge is -2.49. The summed E-state index contributed by atoms with van der Waals surface area (Å²) in [5.41, 5.74) is 2.48. The van der Waals surface area contributed by atoms with E-state index in [1.54, 1.807) is 20.8 Å². The van der Waals surface area contributed by atoms with Gasteiger partial charge in [-0.25, -0.2) is 14.6 Å². The lowest BCUT2D eigenvalue weighted by Crippen LogP contribution is -2.71. The van der Waals surface area contributed by atoms with Crippen molar-refractivity contribution >= 4 is 74.7 Å². The molecule has 1 aromatic carbocycles. The van der Waals surface area contributed by atoms with Gasteiger partial charge in [0.25, 0.3) is 11.8 Å². The van der Waals surface area contributed by atoms with Gasteiger partial charge in [-0.2, -0.15) is 0 Å². The van der Waals surface area contributed by atoms with Gasteiger partial charge in [-0.05, 0) is 56.4 Å². The van der Waals surface area contributed by atoms with Crippen LogP contribution in [0.1, 0.15) is 50.1 Å². The predicted octanol–water partition coefficient (Wildman–Crippen LogP) is 3.91. The van der Waals surface area contributed by atoms with Crippen LogP contribution in [-0.2, 0) is 40.9 Å². The number of hydrogen-bond donors (Lipinski definition) is 3. The number of ether oxygens (including phenoxy) is 1. The summed E-state index contributed by atoms with van der Waals surface area (Å²) >= 11 is 3.59. The summed E-state index contributed by atoms with van der Waals surface area (Å²) in [5.74, 6) is -1.71. The van der Waals surface area contributed by atoms with E-state index in [0.29, 0.717) is 23.5 Å². The summed E-state index contributed by atoms with van der Waals surface area (Å²) < 4.78 is 5.22. The molecular formula is C29H33N5O8S3. The zero-order valence-electron chi connectivity index (χ0n) is 25.5. The van der Waals surface area contributed by atoms with E-state index in [-0.39, 0.29) is 27.3 Å². The average molecular weight is 676 g/mol. The minimum Gasteiger partial charge on any atom is -0.477 e. The number of carboxylic acids is 1. The van der Waals surface area contributed by atoms with Crippen molar-refractivity contribution in [3.05, 3.63) is 57.2 Å². The third-order valence-corrected chi connectivity index (χ3v) is 9.64. The highest BCUT2D eigenvalue weighted by Gasteiger charge is 2.54. The number of aliphatic carboxylic acids is 1. The number of β-lactam (4-membered cyclic amide) rings is 1. The number of amides is 3. The first kappa shape index (κ1) is 34.0. The molecule has 0 saturated carbocycles. The number of nitrogens with zero attached hydrogens (tertiary/aromatic N) is 3. The van der Waals surface area contributed by atoms with Gasteiger partial charge in [0, 0.05) is 23.8 Å². The van der Waals surface area contributed by atoms with Gasteiger partial charge in [-0.1, -0.05) is 35.1 Å². The van der Waals surface area contributed by atoms with Crippen LogP contribution in [0.15, 0.2) is 40.0 Å². The number of carbonyl (C=O) groups is 5. The lowest BCUT2D eigenvalue weighted by molar-refractivity contribution is -0.150. The molecule has 2 atom stereocenters. The molecule has 2 aliphatic heterocycles. The summed E-state index contributed by atoms with van der Waals surface area (Å²) in [5, 5.41) is 20.1. The number of benzene rings is 1. The molecule has 45 heavy (non-hydrogen) atoms. The van der Waals surface area contributed by atoms with Crippen molar-refractivity contribution in [3.63, 3.8) is 0 Å². The largest absolute Gasteiger partial charge is 0.477 e. The molecule has 1 aromatic heterocycles. The number of fused-ring (bicyclic) bond motifs is 1. The maximum Gasteiger partial charge on any atom is 0.413 e. The van der Waals surface area contributed by atoms with Crippen molar-refractivity contribution in [1.29, 1.82) is 0 Å². The van der Waals surface area contributed by atoms with E-state index in [2.05, 4.69) is 20.8 Å². The lowest BCUT2D eigenvalue weighted by atomic mass is 9.95. The van der Waals surface area contributed by atoms with E-state index in [1.165, 1.54) is 47.8 Å². The van der Waals surface area contributed by atoms with Gasteiger partial charge in [0.2, 0.25) is 0 Å². The van der Waals surface area contributed by atoms with Gasteiger partial charge in [-0.15, -0.1) is 23.1 Å². The third kappa shape index (κ3) is 8.04. The highest BCUT2D eigenvalue weighted by Crippen LogP contribution is 2.41. The van der Waals surface area contributed by atoms with Crippen molar-refractivity contribution in [2.75, 3.05) is 18.2 Å². The van der Waals surface area contributed by atoms with Crippen LogP contribution in [0, 0.1) is 6.92 Å². The highest BCUT2D eigenvalue weighted by atomic mass is 32.2. The van der Waals surface area contributed by atoms with E-state index < -0.39 is 40.9 Å². The fourth-order valence-corrected chi connectivity index (χ4v) is 7.35. The van der Waals surface area contributed by atoms with Gasteiger partial charge in [0.05, 0.1) is 0 Å². The third-order valence-electron chi connectivity index (χ3n) is 6.68. The molecule has 3 heterocycles. The summed E-state index contributed by atoms with van der Waals surface area (Å²) in [6, 6.07) is 4.71. The number of thiazole rings is 1. The van der Waals surface area contributed by atoms with E-state index in [9.17, 15) is 29.1 Å². The molecule has 1 fully saturated rings. The zero-order valence-corrected chi connectivity index (χ0v) is 27.9. The molecule has 0 radical (unpaired) electrons. The number of carboxylic acid groups (broad SMARTS) is 1. The Morgan fingerprint density at radius 2 is 1.93 bits per heavy atom. The smallest absolute Gasteiger partial charge is 0.413 e. The second-order valence-corrected chi connectivity index (χ2v) is 14.2. The van der Waals surface area contributed by atoms with Gasteiger partial charge >= 0.3 is 12.1 Å². The van der Waals surface area contributed by atoms with Gasteiger partial charge < -0.3 is 20.0 Å². The van der Waals surface area contributed by atoms with Gasteiger partial charge in [0.15, 0.2) is 16.0 Å². The molecule has 1 saturated heterocycles. The van der Waals surface area contributed by atoms with Crippen molar-refractivity contribution in [1.82, 2.24) is 15.2 Å². The fourth-order valence-electron chi connectivity index (χ4n) is 4.65. The number of hydrogen-bond acceptors (Lipinski definition) is 12. The van der Waals surface area contributed by atoms with Crippen molar-refractivity contribution in [2.24, 2.45) is 5.16 Å². The Kier molecular flexibility index (Phi) is 10.6. The Balaban J connectivity index is 1.48. The van der Waals surface area contributed by atoms with Crippen LogP contribution in [0.2, 0.25) is 0 Å². The molecule has 0 spiro atoms. The van der Waals surface area contributed by atoms with Crippen LogP contribution < -0.4 is 10.6 Å². The topological polar surface area (TPSA) is 177 Å². The number of carbonyl (C=O) groups excluding carboxylic acids is 4. The molecule has 16 heteroatoms. The number of oxime groups is 1. The molecule has 0 unspecified atom stereocenters. The van der Waals surface area contributed by atoms with E-state index in [4.69, 9.17) is 9.57 Å². The Morgan fingerprint density at radius 1 is 1.22 bits per heavy atom. The molecule has 3 N–H and O–H groups in total. The predicted molar refractivity (Wildman–Crippen MR) is 172 cm³/mol. The number of aromatic nitrogens is 1. The van der Waals surface area contributed by atoms with Crippen LogP contribution >= 0.6 is 34.9 Å². The van der Waals surface area contributed by atoms with Crippen LogP contribution in [0.3, 0.4) is 0 Å². The molecule has 4 rings (SSSR count). The molecule has 2 aliphatic rings. The van der Waals surface area contributed by atoms with E-state index in [1.807, 2.05) is 25.1 Å². The Bertz CT molecular complexity index is 1600. The highest BCUT2D eigenvalue weighted by molar-refractivity contribution is 8.12. The monoisotopic (exact) mass is 675 g/mol. The summed E-state index contributed by atoms with van der Waals surface area (Å²) in [7, 11) is 1.25. The molecule has 2 aromatic rings. The van der Waals surface area contributed by atoms with Crippen LogP contribution in [0.25, 0.3) is 0 Å². The molecule has 0 bridgehead atoms. The van der Waals surface area contributed by atoms with E-state index in [0.717, 1.165) is 28.0 Å². The minimum absolute atomic E-state index is 0.00971. The maximum absolute atomic E-state index is 13.3. The molecular weight excluding hydrogens is 643 g/mol. The fraction of sp³-hybridized carbons (Fsp3) is 0.414. The first-order valence-electron chi connectivity index (χ1n) is 13.7. The van der Waals surface area contributed by atoms with Crippen molar-refractivity contribution in [2.45, 2.75) is 63.8 Å². The molecule has 13 nitrogen and oxygen atoms in total.